The van der Waals surface area contributed by atoms with Crippen LogP contribution in [0.2, 0.25) is 5.02 Å². The topological polar surface area (TPSA) is 191 Å². The van der Waals surface area contributed by atoms with Gasteiger partial charge in [-0.25, -0.2) is 18.8 Å². The van der Waals surface area contributed by atoms with Gasteiger partial charge in [-0.15, -0.1) is 5.10 Å². The molecule has 1 heterocycles. The van der Waals surface area contributed by atoms with Crippen LogP contribution in [0.4, 0.5) is 9.18 Å². The second kappa shape index (κ2) is 16.4. The fraction of sp³-hybridized carbons (Fsp3) is 0.379. The second-order valence-electron chi connectivity index (χ2n) is 10.2. The number of hydrogen-bond acceptors (Lipinski definition) is 10. The van der Waals surface area contributed by atoms with Gasteiger partial charge in [0.2, 0.25) is 0 Å². The Labute approximate surface area is 262 Å². The van der Waals surface area contributed by atoms with Crippen molar-refractivity contribution in [3.63, 3.8) is 0 Å². The van der Waals surface area contributed by atoms with Crippen LogP contribution in [0.5, 0.6) is 0 Å². The number of nitrogens with one attached hydrogen (secondary N) is 2. The first kappa shape index (κ1) is 34.7. The number of hydrogen-bond donors (Lipinski definition) is 4. The molecule has 0 bridgehead atoms. The minimum absolute atomic E-state index is 0.198. The number of aromatic nitrogens is 3. The molecule has 1 aromatic heterocycles. The van der Waals surface area contributed by atoms with Crippen molar-refractivity contribution >= 4 is 35.5 Å². The number of methoxy groups -OCH3 is 1. The first-order chi connectivity index (χ1) is 21.4. The molecule has 16 heteroatoms. The molecule has 0 radical (unpaired) electrons. The van der Waals surface area contributed by atoms with E-state index in [1.165, 1.54) is 18.2 Å². The van der Waals surface area contributed by atoms with Gasteiger partial charge in [-0.2, -0.15) is 0 Å². The molecule has 4 N–H and O–H groups in total. The molecule has 14 nitrogen and oxygen atoms in total. The highest BCUT2D eigenvalue weighted by atomic mass is 35.5. The summed E-state index contributed by atoms with van der Waals surface area (Å²) in [7, 11) is 1.15. The average molecular weight is 650 g/mol. The van der Waals surface area contributed by atoms with Crippen LogP contribution in [0.3, 0.4) is 0 Å². The molecule has 2 amide bonds. The summed E-state index contributed by atoms with van der Waals surface area (Å²) in [5.41, 5.74) is 1.58. The summed E-state index contributed by atoms with van der Waals surface area (Å²) in [5.74, 6) is -3.70. The lowest BCUT2D eigenvalue weighted by molar-refractivity contribution is -0.161. The van der Waals surface area contributed by atoms with Crippen LogP contribution in [-0.2, 0) is 25.5 Å². The number of nitrogens with zero attached hydrogens (tertiary/aromatic N) is 3. The Kier molecular flexibility index (Phi) is 12.6. The summed E-state index contributed by atoms with van der Waals surface area (Å²) in [4.78, 5) is 53.9. The van der Waals surface area contributed by atoms with E-state index < -0.39 is 54.7 Å². The number of aliphatic hydroxyl groups is 1. The SMILES string of the molecule is COC(=O)N[C@H](C(=O)OCOn1cc(C(=O)N[C@H](CCc2ccc(-c3cc(Cl)ccc3F)cc2)C[C@@H](O)C(=O)O)nn1)C(C)C. The molecule has 0 spiro atoms. The van der Waals surface area contributed by atoms with Crippen LogP contribution >= 0.6 is 11.6 Å². The predicted octanol–water partition coefficient (Wildman–Crippen LogP) is 2.61. The number of rotatable bonds is 15. The van der Waals surface area contributed by atoms with Crippen LogP contribution in [0.15, 0.2) is 48.7 Å². The Bertz CT molecular complexity index is 1490. The third-order valence-corrected chi connectivity index (χ3v) is 6.81. The van der Waals surface area contributed by atoms with Gasteiger partial charge in [0.15, 0.2) is 11.8 Å². The number of aryl methyl sites for hydroxylation is 1. The van der Waals surface area contributed by atoms with Gasteiger partial charge in [-0.05, 0) is 53.3 Å². The molecule has 0 fully saturated rings. The monoisotopic (exact) mass is 649 g/mol. The lowest BCUT2D eigenvalue weighted by Gasteiger charge is -2.20. The van der Waals surface area contributed by atoms with Gasteiger partial charge in [0.05, 0.1) is 7.11 Å². The molecule has 2 aromatic carbocycles. The Balaban J connectivity index is 1.59. The summed E-state index contributed by atoms with van der Waals surface area (Å²) >= 11 is 5.99. The van der Waals surface area contributed by atoms with Crippen molar-refractivity contribution in [3.8, 4) is 11.1 Å². The molecule has 0 saturated heterocycles. The number of alkyl carbamates (subject to hydrolysis) is 1. The number of ether oxygens (including phenoxy) is 2. The molecule has 3 aromatic rings. The third-order valence-electron chi connectivity index (χ3n) is 6.57. The molecular weight excluding hydrogens is 617 g/mol. The van der Waals surface area contributed by atoms with Crippen molar-refractivity contribution < 1.29 is 48.1 Å². The highest BCUT2D eigenvalue weighted by Gasteiger charge is 2.27. The summed E-state index contributed by atoms with van der Waals surface area (Å²) in [6, 6.07) is 9.45. The van der Waals surface area contributed by atoms with Crippen molar-refractivity contribution in [2.75, 3.05) is 13.9 Å². The third kappa shape index (κ3) is 10.4. The number of aliphatic hydroxyl groups excluding tert-OH is 1. The van der Waals surface area contributed by atoms with Gasteiger partial charge in [-0.3, -0.25) is 4.79 Å². The van der Waals surface area contributed by atoms with E-state index in [0.717, 1.165) is 23.7 Å². The summed E-state index contributed by atoms with van der Waals surface area (Å²) < 4.78 is 23.7. The van der Waals surface area contributed by atoms with Crippen LogP contribution in [0, 0.1) is 11.7 Å². The van der Waals surface area contributed by atoms with Gasteiger partial charge < -0.3 is 35.2 Å². The number of esters is 1. The van der Waals surface area contributed by atoms with Crippen LogP contribution < -0.4 is 15.5 Å². The van der Waals surface area contributed by atoms with Gasteiger partial charge in [-0.1, -0.05) is 54.6 Å². The minimum Gasteiger partial charge on any atom is -0.479 e. The smallest absolute Gasteiger partial charge is 0.407 e. The van der Waals surface area contributed by atoms with Gasteiger partial charge in [0.1, 0.15) is 18.1 Å². The molecule has 0 aliphatic rings. The number of carboxylic acids is 1. The van der Waals surface area contributed by atoms with E-state index >= 15 is 0 Å². The van der Waals surface area contributed by atoms with E-state index in [4.69, 9.17) is 21.2 Å². The van der Waals surface area contributed by atoms with Crippen molar-refractivity contribution in [2.24, 2.45) is 5.92 Å². The van der Waals surface area contributed by atoms with Crippen LogP contribution in [0.1, 0.15) is 42.7 Å². The molecule has 0 saturated carbocycles. The highest BCUT2D eigenvalue weighted by Crippen LogP contribution is 2.26. The van der Waals surface area contributed by atoms with Gasteiger partial charge in [0.25, 0.3) is 12.7 Å². The van der Waals surface area contributed by atoms with E-state index in [-0.39, 0.29) is 24.5 Å². The zero-order valence-corrected chi connectivity index (χ0v) is 25.4. The van der Waals surface area contributed by atoms with E-state index in [2.05, 4.69) is 25.7 Å². The number of halogens is 2. The Morgan fingerprint density at radius 2 is 1.80 bits per heavy atom. The largest absolute Gasteiger partial charge is 0.479 e. The molecule has 45 heavy (non-hydrogen) atoms. The number of carboxylic acid groups (broad SMARTS) is 1. The van der Waals surface area contributed by atoms with Crippen molar-refractivity contribution in [1.29, 1.82) is 0 Å². The van der Waals surface area contributed by atoms with Crippen LogP contribution in [-0.4, -0.2) is 81.4 Å². The maximum Gasteiger partial charge on any atom is 0.407 e. The van der Waals surface area contributed by atoms with Gasteiger partial charge >= 0.3 is 18.0 Å². The zero-order valence-electron chi connectivity index (χ0n) is 24.6. The first-order valence-corrected chi connectivity index (χ1v) is 14.1. The van der Waals surface area contributed by atoms with Crippen molar-refractivity contribution in [3.05, 3.63) is 70.8 Å². The molecule has 3 atom stereocenters. The number of benzene rings is 2. The summed E-state index contributed by atoms with van der Waals surface area (Å²) in [6.45, 7) is 2.76. The Hall–Kier alpha value is -4.76. The molecule has 0 aliphatic carbocycles. The second-order valence-corrected chi connectivity index (χ2v) is 10.6. The van der Waals surface area contributed by atoms with E-state index in [1.54, 1.807) is 38.1 Å². The van der Waals surface area contributed by atoms with E-state index in [1.807, 2.05) is 0 Å². The fourth-order valence-electron chi connectivity index (χ4n) is 4.12. The predicted molar refractivity (Wildman–Crippen MR) is 156 cm³/mol. The fourth-order valence-corrected chi connectivity index (χ4v) is 4.29. The van der Waals surface area contributed by atoms with E-state index in [0.29, 0.717) is 22.6 Å². The summed E-state index contributed by atoms with van der Waals surface area (Å²) in [6.07, 6.45) is -1.09. The quantitative estimate of drug-likeness (QED) is 0.140. The maximum atomic E-state index is 14.2. The molecular formula is C29H33ClFN5O9. The molecule has 0 aliphatic heterocycles. The van der Waals surface area contributed by atoms with E-state index in [9.17, 15) is 33.8 Å². The first-order valence-electron chi connectivity index (χ1n) is 13.7. The number of amides is 2. The Morgan fingerprint density at radius 1 is 1.09 bits per heavy atom. The highest BCUT2D eigenvalue weighted by molar-refractivity contribution is 6.30. The zero-order chi connectivity index (χ0) is 33.1. The van der Waals surface area contributed by atoms with Gasteiger partial charge in [0, 0.05) is 23.0 Å². The summed E-state index contributed by atoms with van der Waals surface area (Å²) in [5, 5.41) is 31.9. The average Bonchev–Trinajstić information content (AvgIpc) is 3.48. The normalized spacial score (nSPS) is 13.0. The molecule has 0 unspecified atom stereocenters. The number of aliphatic carboxylic acids is 1. The van der Waals surface area contributed by atoms with Crippen molar-refractivity contribution in [1.82, 2.24) is 25.8 Å². The Morgan fingerprint density at radius 3 is 2.44 bits per heavy atom. The molecule has 3 rings (SSSR count). The maximum absolute atomic E-state index is 14.2. The van der Waals surface area contributed by atoms with Crippen molar-refractivity contribution in [2.45, 2.75) is 51.3 Å². The standard InChI is InChI=1S/C29H33ClFN5O9/c1-16(2)25(33-29(42)43-3)28(41)44-15-45-36-14-23(34-35-36)26(38)32-20(13-24(37)27(39)40)10-6-17-4-7-18(8-5-17)21-12-19(30)9-11-22(21)31/h4-5,7-9,11-12,14,16,20,24-25,37H,6,10,13,15H2,1-3H3,(H,32,38)(H,33,42)(H,39,40)/t20-,24-,25+/m1/s1. The molecule has 242 valence electrons. The lowest BCUT2D eigenvalue weighted by atomic mass is 9.98. The number of carbonyl (C=O) groups excluding carboxylic acids is 3. The van der Waals surface area contributed by atoms with Crippen LogP contribution in [0.25, 0.3) is 11.1 Å². The lowest BCUT2D eigenvalue weighted by Crippen LogP contribution is -2.45. The number of carbonyl (C=O) groups is 4. The minimum atomic E-state index is -1.74.